The first-order valence-electron chi connectivity index (χ1n) is 5.91. The Morgan fingerprint density at radius 2 is 2.05 bits per heavy atom. The summed E-state index contributed by atoms with van der Waals surface area (Å²) in [5.74, 6) is 0.689. The maximum absolute atomic E-state index is 12.6. The average molecular weight is 385 g/mol. The smallest absolute Gasteiger partial charge is 0.197 e. The van der Waals surface area contributed by atoms with Gasteiger partial charge in [-0.15, -0.1) is 0 Å². The van der Waals surface area contributed by atoms with E-state index in [4.69, 9.17) is 16.3 Å². The van der Waals surface area contributed by atoms with E-state index in [9.17, 15) is 4.79 Å². The quantitative estimate of drug-likeness (QED) is 0.575. The predicted molar refractivity (Wildman–Crippen MR) is 83.2 cm³/mol. The number of carbonyl (C=O) groups is 1. The molecule has 0 fully saturated rings. The Balaban J connectivity index is 2.10. The largest absolute Gasteiger partial charge is 0.492 e. The van der Waals surface area contributed by atoms with E-state index in [0.717, 1.165) is 21.3 Å². The normalized spacial score (nSPS) is 12.9. The van der Waals surface area contributed by atoms with Crippen LogP contribution in [0.1, 0.15) is 21.5 Å². The van der Waals surface area contributed by atoms with Crippen molar-refractivity contribution >= 4 is 40.0 Å². The number of carbonyl (C=O) groups excluding carboxylic acids is 1. The average Bonchev–Trinajstić information content (AvgIpc) is 2.89. The molecule has 0 atom stereocenters. The van der Waals surface area contributed by atoms with Crippen LogP contribution in [0.5, 0.6) is 5.75 Å². The second-order valence-electron chi connectivity index (χ2n) is 4.35. The van der Waals surface area contributed by atoms with Gasteiger partial charge in [-0.1, -0.05) is 23.7 Å². The lowest BCUT2D eigenvalue weighted by molar-refractivity contribution is 0.103. The molecule has 2 aromatic carbocycles. The van der Waals surface area contributed by atoms with Crippen LogP contribution in [0.25, 0.3) is 0 Å². The molecule has 0 saturated carbocycles. The summed E-state index contributed by atoms with van der Waals surface area (Å²) >= 11 is 8.13. The van der Waals surface area contributed by atoms with Crippen molar-refractivity contribution in [3.63, 3.8) is 0 Å². The summed E-state index contributed by atoms with van der Waals surface area (Å²) in [6.45, 7) is 0.645. The van der Waals surface area contributed by atoms with E-state index in [1.807, 2.05) is 24.3 Å². The summed E-state index contributed by atoms with van der Waals surface area (Å²) in [7, 11) is 0. The van der Waals surface area contributed by atoms with Crippen molar-refractivity contribution in [1.82, 2.24) is 0 Å². The third-order valence-electron chi connectivity index (χ3n) is 3.13. The molecule has 0 saturated heterocycles. The fourth-order valence-electron chi connectivity index (χ4n) is 2.21. The SMILES string of the molecule is O=C(c1cc(Cl)ccc1I)c1cccc2c1OCC2. The van der Waals surface area contributed by atoms with Crippen LogP contribution in [0.4, 0.5) is 0 Å². The van der Waals surface area contributed by atoms with Crippen LogP contribution in [0, 0.1) is 3.57 Å². The Kier molecular flexibility index (Phi) is 3.50. The monoisotopic (exact) mass is 384 g/mol. The number of ether oxygens (including phenoxy) is 1. The minimum absolute atomic E-state index is 0.0364. The lowest BCUT2D eigenvalue weighted by Crippen LogP contribution is -2.05. The number of benzene rings is 2. The lowest BCUT2D eigenvalue weighted by Gasteiger charge is -2.08. The molecule has 1 aliphatic rings. The maximum Gasteiger partial charge on any atom is 0.197 e. The van der Waals surface area contributed by atoms with E-state index < -0.39 is 0 Å². The summed E-state index contributed by atoms with van der Waals surface area (Å²) < 4.78 is 6.48. The van der Waals surface area contributed by atoms with Crippen molar-refractivity contribution in [3.8, 4) is 5.75 Å². The van der Waals surface area contributed by atoms with Gasteiger partial charge in [0, 0.05) is 20.6 Å². The van der Waals surface area contributed by atoms with Gasteiger partial charge in [0.2, 0.25) is 0 Å². The number of halogens is 2. The first-order chi connectivity index (χ1) is 9.16. The first kappa shape index (κ1) is 12.9. The van der Waals surface area contributed by atoms with E-state index in [0.29, 0.717) is 22.8 Å². The van der Waals surface area contributed by atoms with Crippen molar-refractivity contribution in [2.45, 2.75) is 6.42 Å². The van der Waals surface area contributed by atoms with Gasteiger partial charge in [-0.2, -0.15) is 0 Å². The Morgan fingerprint density at radius 3 is 2.89 bits per heavy atom. The van der Waals surface area contributed by atoms with Crippen LogP contribution in [0.3, 0.4) is 0 Å². The zero-order valence-electron chi connectivity index (χ0n) is 9.95. The number of ketones is 1. The van der Waals surface area contributed by atoms with Gasteiger partial charge in [0.25, 0.3) is 0 Å². The Labute approximate surface area is 129 Å². The van der Waals surface area contributed by atoms with Gasteiger partial charge in [0.1, 0.15) is 5.75 Å². The Bertz CT molecular complexity index is 667. The highest BCUT2D eigenvalue weighted by molar-refractivity contribution is 14.1. The molecule has 96 valence electrons. The fourth-order valence-corrected chi connectivity index (χ4v) is 2.96. The van der Waals surface area contributed by atoms with Gasteiger partial charge in [-0.05, 0) is 52.4 Å². The minimum Gasteiger partial charge on any atom is -0.492 e. The van der Waals surface area contributed by atoms with Crippen molar-refractivity contribution in [1.29, 1.82) is 0 Å². The standard InChI is InChI=1S/C15H10ClIO2/c16-10-4-5-13(17)12(8-10)14(18)11-3-1-2-9-6-7-19-15(9)11/h1-5,8H,6-7H2. The molecule has 4 heteroatoms. The highest BCUT2D eigenvalue weighted by Gasteiger charge is 2.22. The molecule has 0 amide bonds. The molecule has 19 heavy (non-hydrogen) atoms. The number of rotatable bonds is 2. The van der Waals surface area contributed by atoms with E-state index in [1.165, 1.54) is 0 Å². The van der Waals surface area contributed by atoms with Crippen LogP contribution in [0.15, 0.2) is 36.4 Å². The second-order valence-corrected chi connectivity index (χ2v) is 5.94. The molecule has 2 aromatic rings. The van der Waals surface area contributed by atoms with Crippen LogP contribution < -0.4 is 4.74 Å². The topological polar surface area (TPSA) is 26.3 Å². The Morgan fingerprint density at radius 1 is 1.21 bits per heavy atom. The van der Waals surface area contributed by atoms with Crippen LogP contribution in [0.2, 0.25) is 5.02 Å². The van der Waals surface area contributed by atoms with Crippen LogP contribution in [-0.2, 0) is 6.42 Å². The minimum atomic E-state index is -0.0364. The van der Waals surface area contributed by atoms with Crippen molar-refractivity contribution in [2.75, 3.05) is 6.61 Å². The molecule has 0 unspecified atom stereocenters. The third-order valence-corrected chi connectivity index (χ3v) is 4.31. The van der Waals surface area contributed by atoms with Crippen LogP contribution in [-0.4, -0.2) is 12.4 Å². The van der Waals surface area contributed by atoms with E-state index >= 15 is 0 Å². The molecular formula is C15H10ClIO2. The zero-order valence-corrected chi connectivity index (χ0v) is 12.9. The van der Waals surface area contributed by atoms with E-state index in [-0.39, 0.29) is 5.78 Å². The molecule has 2 nitrogen and oxygen atoms in total. The molecular weight excluding hydrogens is 375 g/mol. The summed E-state index contributed by atoms with van der Waals surface area (Å²) in [6, 6.07) is 11.1. The predicted octanol–water partition coefficient (Wildman–Crippen LogP) is 4.11. The maximum atomic E-state index is 12.6. The van der Waals surface area contributed by atoms with Gasteiger partial charge in [-0.3, -0.25) is 4.79 Å². The summed E-state index contributed by atoms with van der Waals surface area (Å²) in [4.78, 5) is 12.6. The zero-order chi connectivity index (χ0) is 13.4. The summed E-state index contributed by atoms with van der Waals surface area (Å²) in [5.41, 5.74) is 2.34. The van der Waals surface area contributed by atoms with Gasteiger partial charge in [0.15, 0.2) is 5.78 Å². The summed E-state index contributed by atoms with van der Waals surface area (Å²) in [5, 5.41) is 0.567. The highest BCUT2D eigenvalue weighted by atomic mass is 127. The van der Waals surface area contributed by atoms with Gasteiger partial charge >= 0.3 is 0 Å². The summed E-state index contributed by atoms with van der Waals surface area (Å²) in [6.07, 6.45) is 0.864. The number of fused-ring (bicyclic) bond motifs is 1. The fraction of sp³-hybridized carbons (Fsp3) is 0.133. The van der Waals surface area contributed by atoms with Crippen LogP contribution >= 0.6 is 34.2 Å². The molecule has 0 spiro atoms. The van der Waals surface area contributed by atoms with Gasteiger partial charge in [-0.25, -0.2) is 0 Å². The number of para-hydroxylation sites is 1. The number of hydrogen-bond acceptors (Lipinski definition) is 2. The second kappa shape index (κ2) is 5.13. The molecule has 0 bridgehead atoms. The molecule has 0 radical (unpaired) electrons. The molecule has 3 rings (SSSR count). The Hall–Kier alpha value is -1.07. The lowest BCUT2D eigenvalue weighted by atomic mass is 10.00. The van der Waals surface area contributed by atoms with Gasteiger partial charge in [0.05, 0.1) is 12.2 Å². The highest BCUT2D eigenvalue weighted by Crippen LogP contribution is 2.32. The third kappa shape index (κ3) is 2.37. The molecule has 1 heterocycles. The van der Waals surface area contributed by atoms with Gasteiger partial charge < -0.3 is 4.74 Å². The van der Waals surface area contributed by atoms with E-state index in [1.54, 1.807) is 12.1 Å². The first-order valence-corrected chi connectivity index (χ1v) is 7.37. The molecule has 0 aromatic heterocycles. The van der Waals surface area contributed by atoms with E-state index in [2.05, 4.69) is 22.6 Å². The molecule has 0 aliphatic carbocycles. The number of hydrogen-bond donors (Lipinski definition) is 0. The molecule has 1 aliphatic heterocycles. The van der Waals surface area contributed by atoms with Crippen molar-refractivity contribution in [3.05, 3.63) is 61.7 Å². The van der Waals surface area contributed by atoms with Crippen molar-refractivity contribution in [2.24, 2.45) is 0 Å². The van der Waals surface area contributed by atoms with Crippen molar-refractivity contribution < 1.29 is 9.53 Å². The molecule has 0 N–H and O–H groups in total.